The van der Waals surface area contributed by atoms with Gasteiger partial charge >= 0.3 is 0 Å². The monoisotopic (exact) mass is 343 g/mol. The average molecular weight is 343 g/mol. The number of pyridine rings is 1. The minimum absolute atomic E-state index is 0.380. The summed E-state index contributed by atoms with van der Waals surface area (Å²) in [5.74, 6) is 2.58. The van der Waals surface area contributed by atoms with Crippen molar-refractivity contribution < 1.29 is 9.47 Å². The second kappa shape index (κ2) is 10.0. The number of ether oxygens (including phenoxy) is 2. The molecule has 0 radical (unpaired) electrons. The Balaban J connectivity index is 1.71. The van der Waals surface area contributed by atoms with Gasteiger partial charge in [0.05, 0.1) is 14.2 Å². The molecule has 0 aliphatic carbocycles. The van der Waals surface area contributed by atoms with E-state index < -0.39 is 0 Å². The van der Waals surface area contributed by atoms with Gasteiger partial charge in [-0.2, -0.15) is 0 Å². The largest absolute Gasteiger partial charge is 0.493 e. The fraction of sp³-hybridized carbons (Fsp3) is 0.333. The van der Waals surface area contributed by atoms with Crippen LogP contribution in [-0.2, 0) is 0 Å². The van der Waals surface area contributed by atoms with Crippen LogP contribution in [0.2, 0.25) is 0 Å². The third kappa shape index (κ3) is 6.21. The third-order valence-electron chi connectivity index (χ3n) is 3.49. The number of guanidine groups is 1. The molecular weight excluding hydrogens is 318 g/mol. The van der Waals surface area contributed by atoms with Gasteiger partial charge in [0, 0.05) is 31.0 Å². The first-order valence-electron chi connectivity index (χ1n) is 8.17. The van der Waals surface area contributed by atoms with Gasteiger partial charge in [-0.25, -0.2) is 4.98 Å². The highest BCUT2D eigenvalue weighted by molar-refractivity contribution is 5.92. The van der Waals surface area contributed by atoms with Crippen molar-refractivity contribution in [2.24, 2.45) is 10.7 Å². The standard InChI is InChI=1S/C18H25N5O2/c1-24-15-9-8-14(13-16(15)25-2)23-18(19)22-12-6-5-11-21-17-7-3-4-10-20-17/h3-4,7-10,13H,5-6,11-12H2,1-2H3,(H,20,21)(H3,19,22,23). The normalized spacial score (nSPS) is 11.0. The lowest BCUT2D eigenvalue weighted by Crippen LogP contribution is -2.23. The molecule has 2 aromatic rings. The van der Waals surface area contributed by atoms with Crippen LogP contribution in [0.5, 0.6) is 11.5 Å². The number of benzene rings is 1. The molecule has 1 aromatic heterocycles. The lowest BCUT2D eigenvalue weighted by Gasteiger charge is -2.11. The summed E-state index contributed by atoms with van der Waals surface area (Å²) in [4.78, 5) is 8.54. The Morgan fingerprint density at radius 2 is 1.96 bits per heavy atom. The van der Waals surface area contributed by atoms with Crippen LogP contribution < -0.4 is 25.8 Å². The number of nitrogens with one attached hydrogen (secondary N) is 2. The zero-order valence-electron chi connectivity index (χ0n) is 14.7. The molecule has 0 saturated carbocycles. The van der Waals surface area contributed by atoms with Gasteiger partial charge in [-0.1, -0.05) is 6.07 Å². The van der Waals surface area contributed by atoms with Gasteiger partial charge in [0.1, 0.15) is 5.82 Å². The van der Waals surface area contributed by atoms with E-state index >= 15 is 0 Å². The summed E-state index contributed by atoms with van der Waals surface area (Å²) < 4.78 is 10.5. The minimum Gasteiger partial charge on any atom is -0.493 e. The van der Waals surface area contributed by atoms with Gasteiger partial charge in [0.15, 0.2) is 17.5 Å². The smallest absolute Gasteiger partial charge is 0.193 e. The molecule has 7 heteroatoms. The number of hydrogen-bond acceptors (Lipinski definition) is 5. The van der Waals surface area contributed by atoms with Crippen LogP contribution in [0.3, 0.4) is 0 Å². The Morgan fingerprint density at radius 1 is 1.12 bits per heavy atom. The Labute approximate surface area is 148 Å². The topological polar surface area (TPSA) is 93.8 Å². The fourth-order valence-corrected chi connectivity index (χ4v) is 2.22. The molecule has 7 nitrogen and oxygen atoms in total. The van der Waals surface area contributed by atoms with Gasteiger partial charge in [0.25, 0.3) is 0 Å². The highest BCUT2D eigenvalue weighted by Gasteiger charge is 2.04. The number of unbranched alkanes of at least 4 members (excludes halogenated alkanes) is 1. The van der Waals surface area contributed by atoms with Crippen LogP contribution in [0.15, 0.2) is 47.6 Å². The number of nitrogens with two attached hydrogens (primary N) is 1. The minimum atomic E-state index is 0.380. The van der Waals surface area contributed by atoms with Crippen LogP contribution in [0.4, 0.5) is 11.5 Å². The molecule has 0 saturated heterocycles. The first-order chi connectivity index (χ1) is 12.2. The molecule has 4 N–H and O–H groups in total. The molecule has 0 aliphatic heterocycles. The van der Waals surface area contributed by atoms with Crippen molar-refractivity contribution in [3.8, 4) is 11.5 Å². The van der Waals surface area contributed by atoms with E-state index in [1.54, 1.807) is 20.4 Å². The van der Waals surface area contributed by atoms with Crippen LogP contribution in [-0.4, -0.2) is 38.3 Å². The van der Waals surface area contributed by atoms with Crippen molar-refractivity contribution in [2.45, 2.75) is 12.8 Å². The van der Waals surface area contributed by atoms with Gasteiger partial charge in [-0.05, 0) is 37.1 Å². The molecule has 0 aliphatic rings. The number of hydrogen-bond donors (Lipinski definition) is 3. The number of aromatic nitrogens is 1. The number of aliphatic imine (C=N–C) groups is 1. The Hall–Kier alpha value is -2.96. The second-order valence-electron chi connectivity index (χ2n) is 5.31. The van der Waals surface area contributed by atoms with E-state index in [1.807, 2.05) is 36.4 Å². The Kier molecular flexibility index (Phi) is 7.37. The van der Waals surface area contributed by atoms with Crippen molar-refractivity contribution in [3.63, 3.8) is 0 Å². The highest BCUT2D eigenvalue weighted by Crippen LogP contribution is 2.29. The summed E-state index contributed by atoms with van der Waals surface area (Å²) in [6.45, 7) is 1.52. The van der Waals surface area contributed by atoms with Crippen molar-refractivity contribution in [1.82, 2.24) is 4.98 Å². The lowest BCUT2D eigenvalue weighted by molar-refractivity contribution is 0.355. The van der Waals surface area contributed by atoms with Crippen molar-refractivity contribution in [1.29, 1.82) is 0 Å². The van der Waals surface area contributed by atoms with E-state index in [1.165, 1.54) is 0 Å². The average Bonchev–Trinajstić information content (AvgIpc) is 2.65. The summed E-state index contributed by atoms with van der Waals surface area (Å²) >= 11 is 0. The van der Waals surface area contributed by atoms with Gasteiger partial charge in [0.2, 0.25) is 0 Å². The molecule has 1 heterocycles. The van der Waals surface area contributed by atoms with Crippen molar-refractivity contribution in [3.05, 3.63) is 42.6 Å². The SMILES string of the molecule is COc1ccc(NC(N)=NCCCCNc2ccccn2)cc1OC. The predicted octanol–water partition coefficient (Wildman–Crippen LogP) is 2.72. The number of rotatable bonds is 9. The summed E-state index contributed by atoms with van der Waals surface area (Å²) in [5, 5.41) is 6.32. The zero-order valence-corrected chi connectivity index (χ0v) is 14.7. The van der Waals surface area contributed by atoms with E-state index in [0.29, 0.717) is 24.0 Å². The highest BCUT2D eigenvalue weighted by atomic mass is 16.5. The van der Waals surface area contributed by atoms with Crippen LogP contribution in [0, 0.1) is 0 Å². The predicted molar refractivity (Wildman–Crippen MR) is 102 cm³/mol. The molecule has 0 fully saturated rings. The summed E-state index contributed by atoms with van der Waals surface area (Å²) in [6, 6.07) is 11.3. The van der Waals surface area contributed by atoms with E-state index in [2.05, 4.69) is 20.6 Å². The van der Waals surface area contributed by atoms with Crippen LogP contribution in [0.1, 0.15) is 12.8 Å². The van der Waals surface area contributed by atoms with Crippen molar-refractivity contribution in [2.75, 3.05) is 37.9 Å². The second-order valence-corrected chi connectivity index (χ2v) is 5.31. The number of methoxy groups -OCH3 is 2. The van der Waals surface area contributed by atoms with Gasteiger partial charge in [-0.3, -0.25) is 4.99 Å². The first-order valence-corrected chi connectivity index (χ1v) is 8.17. The van der Waals surface area contributed by atoms with E-state index in [-0.39, 0.29) is 0 Å². The number of nitrogens with zero attached hydrogens (tertiary/aromatic N) is 2. The summed E-state index contributed by atoms with van der Waals surface area (Å²) in [7, 11) is 3.20. The van der Waals surface area contributed by atoms with Crippen LogP contribution >= 0.6 is 0 Å². The molecule has 1 aromatic carbocycles. The lowest BCUT2D eigenvalue weighted by atomic mass is 10.3. The molecule has 0 unspecified atom stereocenters. The molecule has 0 spiro atoms. The molecule has 25 heavy (non-hydrogen) atoms. The Morgan fingerprint density at radius 3 is 2.68 bits per heavy atom. The van der Waals surface area contributed by atoms with E-state index in [0.717, 1.165) is 30.9 Å². The first kappa shape index (κ1) is 18.4. The quantitative estimate of drug-likeness (QED) is 0.368. The van der Waals surface area contributed by atoms with Gasteiger partial charge in [-0.15, -0.1) is 0 Å². The molecule has 134 valence electrons. The number of anilines is 2. The summed E-state index contributed by atoms with van der Waals surface area (Å²) in [5.41, 5.74) is 6.72. The molecule has 0 amide bonds. The molecule has 0 bridgehead atoms. The zero-order chi connectivity index (χ0) is 17.9. The van der Waals surface area contributed by atoms with E-state index in [4.69, 9.17) is 15.2 Å². The maximum Gasteiger partial charge on any atom is 0.193 e. The third-order valence-corrected chi connectivity index (χ3v) is 3.49. The summed E-state index contributed by atoms with van der Waals surface area (Å²) in [6.07, 6.45) is 3.70. The van der Waals surface area contributed by atoms with Crippen LogP contribution in [0.25, 0.3) is 0 Å². The van der Waals surface area contributed by atoms with Gasteiger partial charge < -0.3 is 25.8 Å². The van der Waals surface area contributed by atoms with Crippen molar-refractivity contribution >= 4 is 17.5 Å². The fourth-order valence-electron chi connectivity index (χ4n) is 2.22. The maximum atomic E-state index is 5.91. The molecule has 0 atom stereocenters. The molecule has 2 rings (SSSR count). The molecular formula is C18H25N5O2. The maximum absolute atomic E-state index is 5.91. The van der Waals surface area contributed by atoms with E-state index in [9.17, 15) is 0 Å². The Bertz CT molecular complexity index is 676.